The fourth-order valence-electron chi connectivity index (χ4n) is 2.32. The second-order valence-corrected chi connectivity index (χ2v) is 6.37. The molecule has 0 aliphatic carbocycles. The van der Waals surface area contributed by atoms with Crippen molar-refractivity contribution in [3.8, 4) is 0 Å². The number of benzene rings is 1. The Morgan fingerprint density at radius 1 is 1.37 bits per heavy atom. The van der Waals surface area contributed by atoms with Crippen LogP contribution in [0, 0.1) is 5.92 Å². The lowest BCUT2D eigenvalue weighted by Gasteiger charge is -2.26. The van der Waals surface area contributed by atoms with Crippen molar-refractivity contribution in [1.82, 2.24) is 5.43 Å². The third kappa shape index (κ3) is 4.97. The first-order valence-corrected chi connectivity index (χ1v) is 8.07. The minimum Gasteiger partial charge on any atom is -0.381 e. The van der Waals surface area contributed by atoms with Gasteiger partial charge >= 0.3 is 0 Å². The predicted octanol–water partition coefficient (Wildman–Crippen LogP) is 3.08. The Hall–Kier alpha value is -0.260. The summed E-state index contributed by atoms with van der Waals surface area (Å²) in [7, 11) is 0. The SMILES string of the molecule is NNC(CSc1ccccc1Cl)CC1CCOCC1. The summed E-state index contributed by atoms with van der Waals surface area (Å²) < 4.78 is 5.39. The molecule has 1 aliphatic heterocycles. The molecule has 0 amide bonds. The summed E-state index contributed by atoms with van der Waals surface area (Å²) in [6.07, 6.45) is 3.40. The van der Waals surface area contributed by atoms with Crippen molar-refractivity contribution in [3.05, 3.63) is 29.3 Å². The highest BCUT2D eigenvalue weighted by Gasteiger charge is 2.19. The number of thioether (sulfide) groups is 1. The van der Waals surface area contributed by atoms with E-state index in [0.29, 0.717) is 6.04 Å². The third-order valence-electron chi connectivity index (χ3n) is 3.47. The van der Waals surface area contributed by atoms with E-state index in [1.807, 2.05) is 18.2 Å². The van der Waals surface area contributed by atoms with Crippen molar-refractivity contribution in [2.45, 2.75) is 30.2 Å². The second-order valence-electron chi connectivity index (χ2n) is 4.90. The van der Waals surface area contributed by atoms with Gasteiger partial charge in [0.1, 0.15) is 0 Å². The third-order valence-corrected chi connectivity index (χ3v) is 5.15. The zero-order valence-corrected chi connectivity index (χ0v) is 12.6. The molecule has 3 nitrogen and oxygen atoms in total. The van der Waals surface area contributed by atoms with E-state index in [-0.39, 0.29) is 0 Å². The molecule has 1 aromatic carbocycles. The van der Waals surface area contributed by atoms with Gasteiger partial charge in [0.05, 0.1) is 5.02 Å². The van der Waals surface area contributed by atoms with Crippen molar-refractivity contribution in [3.63, 3.8) is 0 Å². The Labute approximate surface area is 124 Å². The van der Waals surface area contributed by atoms with Crippen LogP contribution in [-0.4, -0.2) is 25.0 Å². The molecule has 1 fully saturated rings. The number of hydrazine groups is 1. The highest BCUT2D eigenvalue weighted by molar-refractivity contribution is 7.99. The maximum absolute atomic E-state index is 6.15. The van der Waals surface area contributed by atoms with Gasteiger partial charge in [-0.25, -0.2) is 0 Å². The number of ether oxygens (including phenoxy) is 1. The van der Waals surface area contributed by atoms with Crippen LogP contribution in [-0.2, 0) is 4.74 Å². The highest BCUT2D eigenvalue weighted by Crippen LogP contribution is 2.28. The Morgan fingerprint density at radius 2 is 2.11 bits per heavy atom. The topological polar surface area (TPSA) is 47.3 Å². The number of hydrogen-bond acceptors (Lipinski definition) is 4. The van der Waals surface area contributed by atoms with Crippen LogP contribution >= 0.6 is 23.4 Å². The van der Waals surface area contributed by atoms with Gasteiger partial charge in [-0.15, -0.1) is 11.8 Å². The molecule has 1 unspecified atom stereocenters. The van der Waals surface area contributed by atoms with E-state index >= 15 is 0 Å². The summed E-state index contributed by atoms with van der Waals surface area (Å²) in [6.45, 7) is 1.78. The number of nitrogens with one attached hydrogen (secondary N) is 1. The highest BCUT2D eigenvalue weighted by atomic mass is 35.5. The molecule has 0 aromatic heterocycles. The molecule has 5 heteroatoms. The van der Waals surface area contributed by atoms with Crippen LogP contribution in [0.5, 0.6) is 0 Å². The Kier molecular flexibility index (Phi) is 6.47. The molecule has 0 spiro atoms. The summed E-state index contributed by atoms with van der Waals surface area (Å²) in [5, 5.41) is 0.814. The molecular formula is C14H21ClN2OS. The van der Waals surface area contributed by atoms with Gasteiger partial charge in [0, 0.05) is 29.9 Å². The molecule has 0 radical (unpaired) electrons. The number of hydrogen-bond donors (Lipinski definition) is 2. The Bertz CT molecular complexity index is 385. The van der Waals surface area contributed by atoms with E-state index in [9.17, 15) is 0 Å². The molecule has 1 atom stereocenters. The van der Waals surface area contributed by atoms with Gasteiger partial charge in [-0.2, -0.15) is 0 Å². The molecule has 0 saturated carbocycles. The van der Waals surface area contributed by atoms with Gasteiger partial charge in [0.25, 0.3) is 0 Å². The van der Waals surface area contributed by atoms with Crippen LogP contribution < -0.4 is 11.3 Å². The number of halogens is 1. The minimum absolute atomic E-state index is 0.323. The molecule has 2 rings (SSSR count). The molecule has 106 valence electrons. The van der Waals surface area contributed by atoms with Gasteiger partial charge in [-0.1, -0.05) is 23.7 Å². The molecule has 0 bridgehead atoms. The van der Waals surface area contributed by atoms with E-state index in [1.165, 1.54) is 0 Å². The molecule has 1 aromatic rings. The van der Waals surface area contributed by atoms with E-state index < -0.39 is 0 Å². The van der Waals surface area contributed by atoms with Crippen molar-refractivity contribution in [2.24, 2.45) is 11.8 Å². The average molecular weight is 301 g/mol. The standard InChI is InChI=1S/C14H21ClN2OS/c15-13-3-1-2-4-14(13)19-10-12(17-16)9-11-5-7-18-8-6-11/h1-4,11-12,17H,5-10,16H2. The van der Waals surface area contributed by atoms with E-state index in [1.54, 1.807) is 11.8 Å². The van der Waals surface area contributed by atoms with Gasteiger partial charge in [0.15, 0.2) is 0 Å². The lowest BCUT2D eigenvalue weighted by atomic mass is 9.93. The Balaban J connectivity index is 1.80. The molecule has 1 heterocycles. The summed E-state index contributed by atoms with van der Waals surface area (Å²) in [5.74, 6) is 7.33. The van der Waals surface area contributed by atoms with Crippen molar-refractivity contribution in [2.75, 3.05) is 19.0 Å². The normalized spacial score (nSPS) is 18.4. The number of rotatable bonds is 6. The van der Waals surface area contributed by atoms with Gasteiger partial charge in [-0.05, 0) is 37.3 Å². The monoisotopic (exact) mass is 300 g/mol. The van der Waals surface area contributed by atoms with Crippen LogP contribution in [0.3, 0.4) is 0 Å². The van der Waals surface area contributed by atoms with Gasteiger partial charge in [-0.3, -0.25) is 11.3 Å². The molecule has 3 N–H and O–H groups in total. The predicted molar refractivity (Wildman–Crippen MR) is 81.4 cm³/mol. The molecule has 19 heavy (non-hydrogen) atoms. The van der Waals surface area contributed by atoms with Crippen LogP contribution in [0.1, 0.15) is 19.3 Å². The van der Waals surface area contributed by atoms with Crippen LogP contribution in [0.2, 0.25) is 5.02 Å². The van der Waals surface area contributed by atoms with E-state index in [4.69, 9.17) is 22.2 Å². The fourth-order valence-corrected chi connectivity index (χ4v) is 3.61. The average Bonchev–Trinajstić information content (AvgIpc) is 2.46. The van der Waals surface area contributed by atoms with Crippen LogP contribution in [0.4, 0.5) is 0 Å². The first kappa shape index (κ1) is 15.1. The fraction of sp³-hybridized carbons (Fsp3) is 0.571. The summed E-state index contributed by atoms with van der Waals surface area (Å²) in [5.41, 5.74) is 2.93. The van der Waals surface area contributed by atoms with E-state index in [0.717, 1.165) is 54.1 Å². The maximum atomic E-state index is 6.15. The zero-order chi connectivity index (χ0) is 13.5. The molecular weight excluding hydrogens is 280 g/mol. The van der Waals surface area contributed by atoms with Crippen molar-refractivity contribution in [1.29, 1.82) is 0 Å². The van der Waals surface area contributed by atoms with Crippen LogP contribution in [0.25, 0.3) is 0 Å². The van der Waals surface area contributed by atoms with Crippen LogP contribution in [0.15, 0.2) is 29.2 Å². The summed E-state index contributed by atoms with van der Waals surface area (Å²) in [6, 6.07) is 8.26. The van der Waals surface area contributed by atoms with Gasteiger partial charge < -0.3 is 4.74 Å². The quantitative estimate of drug-likeness (QED) is 0.481. The zero-order valence-electron chi connectivity index (χ0n) is 11.0. The minimum atomic E-state index is 0.323. The van der Waals surface area contributed by atoms with Crippen molar-refractivity contribution >= 4 is 23.4 Å². The Morgan fingerprint density at radius 3 is 2.79 bits per heavy atom. The molecule has 1 aliphatic rings. The smallest absolute Gasteiger partial charge is 0.0541 e. The molecule has 1 saturated heterocycles. The second kappa shape index (κ2) is 8.12. The van der Waals surface area contributed by atoms with Gasteiger partial charge in [0.2, 0.25) is 0 Å². The first-order valence-electron chi connectivity index (χ1n) is 6.71. The summed E-state index contributed by atoms with van der Waals surface area (Å²) >= 11 is 7.92. The lowest BCUT2D eigenvalue weighted by molar-refractivity contribution is 0.0613. The van der Waals surface area contributed by atoms with E-state index in [2.05, 4.69) is 11.5 Å². The largest absolute Gasteiger partial charge is 0.381 e. The maximum Gasteiger partial charge on any atom is 0.0541 e. The summed E-state index contributed by atoms with van der Waals surface area (Å²) in [4.78, 5) is 1.12. The van der Waals surface area contributed by atoms with Crippen molar-refractivity contribution < 1.29 is 4.74 Å². The number of nitrogens with two attached hydrogens (primary N) is 1. The first-order chi connectivity index (χ1) is 9.29. The lowest BCUT2D eigenvalue weighted by Crippen LogP contribution is -2.39.